The van der Waals surface area contributed by atoms with Gasteiger partial charge in [-0.2, -0.15) is 0 Å². The van der Waals surface area contributed by atoms with Crippen LogP contribution in [-0.4, -0.2) is 61.1 Å². The number of para-hydroxylation sites is 1. The Morgan fingerprint density at radius 3 is 2.73 bits per heavy atom. The second-order valence-electron chi connectivity index (χ2n) is 7.39. The van der Waals surface area contributed by atoms with Crippen LogP contribution in [0.5, 0.6) is 5.75 Å². The number of hydrogen-bond acceptors (Lipinski definition) is 4. The van der Waals surface area contributed by atoms with E-state index < -0.39 is 0 Å². The molecular weight excluding hydrogens is 326 g/mol. The molecular formula is C21H33N3O2. The number of likely N-dealkylation sites (N-methyl/N-ethyl adjacent to an activating group) is 1. The molecule has 2 aliphatic rings. The SMILES string of the molecule is CCN1CCCCC1CNCc1ccccc1OCC(=O)N1CCCC1. The maximum atomic E-state index is 12.2. The van der Waals surface area contributed by atoms with Gasteiger partial charge in [0.05, 0.1) is 0 Å². The van der Waals surface area contributed by atoms with Gasteiger partial charge in [-0.05, 0) is 44.8 Å². The molecule has 1 aromatic carbocycles. The number of piperidine rings is 1. The number of nitrogens with zero attached hydrogens (tertiary/aromatic N) is 2. The molecule has 2 saturated heterocycles. The molecule has 5 heteroatoms. The van der Waals surface area contributed by atoms with Gasteiger partial charge in [0.2, 0.25) is 0 Å². The maximum Gasteiger partial charge on any atom is 0.260 e. The minimum Gasteiger partial charge on any atom is -0.483 e. The third-order valence-corrected chi connectivity index (χ3v) is 5.63. The van der Waals surface area contributed by atoms with Crippen molar-refractivity contribution in [1.82, 2.24) is 15.1 Å². The Hall–Kier alpha value is -1.59. The predicted octanol–water partition coefficient (Wildman–Crippen LogP) is 2.65. The van der Waals surface area contributed by atoms with Gasteiger partial charge in [0.15, 0.2) is 6.61 Å². The van der Waals surface area contributed by atoms with Crippen molar-refractivity contribution in [2.75, 3.05) is 39.3 Å². The summed E-state index contributed by atoms with van der Waals surface area (Å²) >= 11 is 0. The van der Waals surface area contributed by atoms with Gasteiger partial charge in [0.25, 0.3) is 5.91 Å². The fraction of sp³-hybridized carbons (Fsp3) is 0.667. The summed E-state index contributed by atoms with van der Waals surface area (Å²) < 4.78 is 5.85. The first kappa shape index (κ1) is 19.2. The normalized spacial score (nSPS) is 21.1. The van der Waals surface area contributed by atoms with Gasteiger partial charge in [-0.25, -0.2) is 0 Å². The van der Waals surface area contributed by atoms with Crippen molar-refractivity contribution < 1.29 is 9.53 Å². The van der Waals surface area contributed by atoms with Crippen molar-refractivity contribution in [1.29, 1.82) is 0 Å². The van der Waals surface area contributed by atoms with Gasteiger partial charge < -0.3 is 15.0 Å². The second kappa shape index (κ2) is 9.93. The minimum absolute atomic E-state index is 0.103. The van der Waals surface area contributed by atoms with Crippen LogP contribution in [0.25, 0.3) is 0 Å². The molecule has 1 amide bonds. The number of nitrogens with one attached hydrogen (secondary N) is 1. The van der Waals surface area contributed by atoms with Crippen molar-refractivity contribution >= 4 is 5.91 Å². The van der Waals surface area contributed by atoms with Crippen LogP contribution in [0.1, 0.15) is 44.6 Å². The molecule has 26 heavy (non-hydrogen) atoms. The first-order valence-corrected chi connectivity index (χ1v) is 10.2. The number of carbonyl (C=O) groups excluding carboxylic acids is 1. The predicted molar refractivity (Wildman–Crippen MR) is 104 cm³/mol. The molecule has 0 spiro atoms. The Bertz CT molecular complexity index is 572. The monoisotopic (exact) mass is 359 g/mol. The molecule has 2 aliphatic heterocycles. The molecule has 5 nitrogen and oxygen atoms in total. The number of rotatable bonds is 8. The third-order valence-electron chi connectivity index (χ3n) is 5.63. The molecule has 0 bridgehead atoms. The molecule has 2 heterocycles. The Morgan fingerprint density at radius 2 is 1.92 bits per heavy atom. The molecule has 0 radical (unpaired) electrons. The van der Waals surface area contributed by atoms with E-state index in [1.54, 1.807) is 0 Å². The summed E-state index contributed by atoms with van der Waals surface area (Å²) in [5.74, 6) is 0.926. The lowest BCUT2D eigenvalue weighted by atomic mass is 10.0. The van der Waals surface area contributed by atoms with E-state index in [2.05, 4.69) is 23.2 Å². The van der Waals surface area contributed by atoms with E-state index in [1.807, 2.05) is 23.1 Å². The van der Waals surface area contributed by atoms with Gasteiger partial charge in [0.1, 0.15) is 5.75 Å². The Morgan fingerprint density at radius 1 is 1.15 bits per heavy atom. The fourth-order valence-electron chi connectivity index (χ4n) is 4.07. The summed E-state index contributed by atoms with van der Waals surface area (Å²) in [5.41, 5.74) is 1.13. The molecule has 0 aliphatic carbocycles. The van der Waals surface area contributed by atoms with Crippen LogP contribution in [0.3, 0.4) is 0 Å². The quantitative estimate of drug-likeness (QED) is 0.775. The van der Waals surface area contributed by atoms with Crippen LogP contribution < -0.4 is 10.1 Å². The van der Waals surface area contributed by atoms with Crippen LogP contribution in [0.2, 0.25) is 0 Å². The van der Waals surface area contributed by atoms with Crippen molar-refractivity contribution in [2.24, 2.45) is 0 Å². The highest BCUT2D eigenvalue weighted by Gasteiger charge is 2.21. The summed E-state index contributed by atoms with van der Waals surface area (Å²) in [6, 6.07) is 8.69. The molecule has 144 valence electrons. The Balaban J connectivity index is 1.48. The summed E-state index contributed by atoms with van der Waals surface area (Å²) in [6.07, 6.45) is 6.17. The van der Waals surface area contributed by atoms with Crippen molar-refractivity contribution in [2.45, 2.75) is 51.6 Å². The first-order valence-electron chi connectivity index (χ1n) is 10.2. The minimum atomic E-state index is 0.103. The zero-order chi connectivity index (χ0) is 18.2. The lowest BCUT2D eigenvalue weighted by molar-refractivity contribution is -0.132. The zero-order valence-corrected chi connectivity index (χ0v) is 16.1. The number of amides is 1. The summed E-state index contributed by atoms with van der Waals surface area (Å²) in [4.78, 5) is 16.7. The van der Waals surface area contributed by atoms with Crippen LogP contribution >= 0.6 is 0 Å². The van der Waals surface area contributed by atoms with E-state index in [1.165, 1.54) is 25.8 Å². The van der Waals surface area contributed by atoms with E-state index in [4.69, 9.17) is 4.74 Å². The zero-order valence-electron chi connectivity index (χ0n) is 16.1. The van der Waals surface area contributed by atoms with Crippen molar-refractivity contribution in [3.05, 3.63) is 29.8 Å². The standard InChI is InChI=1S/C21H33N3O2/c1-2-23-12-6-5-10-19(23)16-22-15-18-9-3-4-11-20(18)26-17-21(25)24-13-7-8-14-24/h3-4,9,11,19,22H,2,5-8,10,12-17H2,1H3. The first-order chi connectivity index (χ1) is 12.8. The van der Waals surface area contributed by atoms with E-state index >= 15 is 0 Å². The number of hydrogen-bond donors (Lipinski definition) is 1. The van der Waals surface area contributed by atoms with E-state index in [0.29, 0.717) is 6.04 Å². The number of likely N-dealkylation sites (tertiary alicyclic amines) is 2. The Labute approximate surface area is 157 Å². The van der Waals surface area contributed by atoms with Gasteiger partial charge in [-0.1, -0.05) is 31.5 Å². The molecule has 0 saturated carbocycles. The van der Waals surface area contributed by atoms with Crippen LogP contribution in [-0.2, 0) is 11.3 Å². The van der Waals surface area contributed by atoms with E-state index in [0.717, 1.165) is 56.9 Å². The molecule has 1 aromatic rings. The van der Waals surface area contributed by atoms with Crippen LogP contribution in [0, 0.1) is 0 Å². The fourth-order valence-corrected chi connectivity index (χ4v) is 4.07. The van der Waals surface area contributed by atoms with E-state index in [-0.39, 0.29) is 12.5 Å². The molecule has 0 aromatic heterocycles. The molecule has 1 unspecified atom stereocenters. The van der Waals surface area contributed by atoms with Crippen LogP contribution in [0.15, 0.2) is 24.3 Å². The largest absolute Gasteiger partial charge is 0.483 e. The Kier molecular flexibility index (Phi) is 7.32. The van der Waals surface area contributed by atoms with Gasteiger partial charge in [0, 0.05) is 37.8 Å². The highest BCUT2D eigenvalue weighted by Crippen LogP contribution is 2.19. The molecule has 1 atom stereocenters. The average molecular weight is 360 g/mol. The summed E-state index contributed by atoms with van der Waals surface area (Å²) in [7, 11) is 0. The highest BCUT2D eigenvalue weighted by molar-refractivity contribution is 5.78. The summed E-state index contributed by atoms with van der Waals surface area (Å²) in [5, 5.41) is 3.60. The summed E-state index contributed by atoms with van der Waals surface area (Å²) in [6.45, 7) is 8.28. The number of benzene rings is 1. The topological polar surface area (TPSA) is 44.8 Å². The lowest BCUT2D eigenvalue weighted by Crippen LogP contribution is -2.45. The molecule has 1 N–H and O–H groups in total. The number of ether oxygens (including phenoxy) is 1. The van der Waals surface area contributed by atoms with Crippen molar-refractivity contribution in [3.8, 4) is 5.75 Å². The van der Waals surface area contributed by atoms with Gasteiger partial charge >= 0.3 is 0 Å². The van der Waals surface area contributed by atoms with Gasteiger partial charge in [-0.3, -0.25) is 9.69 Å². The molecule has 3 rings (SSSR count). The maximum absolute atomic E-state index is 12.2. The third kappa shape index (κ3) is 5.21. The number of carbonyl (C=O) groups is 1. The van der Waals surface area contributed by atoms with Crippen molar-refractivity contribution in [3.63, 3.8) is 0 Å². The van der Waals surface area contributed by atoms with E-state index in [9.17, 15) is 4.79 Å². The average Bonchev–Trinajstić information content (AvgIpc) is 3.22. The molecule has 2 fully saturated rings. The second-order valence-corrected chi connectivity index (χ2v) is 7.39. The highest BCUT2D eigenvalue weighted by atomic mass is 16.5. The van der Waals surface area contributed by atoms with Gasteiger partial charge in [-0.15, -0.1) is 0 Å². The smallest absolute Gasteiger partial charge is 0.260 e. The lowest BCUT2D eigenvalue weighted by Gasteiger charge is -2.35. The van der Waals surface area contributed by atoms with Crippen LogP contribution in [0.4, 0.5) is 0 Å².